The van der Waals surface area contributed by atoms with E-state index in [9.17, 15) is 18.0 Å². The van der Waals surface area contributed by atoms with Crippen molar-refractivity contribution in [2.75, 3.05) is 11.9 Å². The second kappa shape index (κ2) is 6.03. The Morgan fingerprint density at radius 1 is 1.38 bits per heavy atom. The molecule has 0 bridgehead atoms. The quantitative estimate of drug-likeness (QED) is 0.748. The Bertz CT molecular complexity index is 656. The van der Waals surface area contributed by atoms with E-state index in [0.29, 0.717) is 24.2 Å². The SMILES string of the molecule is CC(=O)Nc1nnc(S(=O)(=O)N2CCCC[C@H]2C(=O)O)s1. The smallest absolute Gasteiger partial charge is 0.322 e. The topological polar surface area (TPSA) is 130 Å². The maximum absolute atomic E-state index is 12.5. The molecule has 1 aliphatic heterocycles. The van der Waals surface area contributed by atoms with Gasteiger partial charge in [0.25, 0.3) is 10.0 Å². The van der Waals surface area contributed by atoms with Gasteiger partial charge in [-0.05, 0) is 19.3 Å². The van der Waals surface area contributed by atoms with Crippen LogP contribution < -0.4 is 5.32 Å². The molecule has 2 heterocycles. The molecule has 1 aromatic heterocycles. The predicted octanol–water partition coefficient (Wildman–Crippen LogP) is 0.124. The molecule has 1 aliphatic rings. The lowest BCUT2D eigenvalue weighted by molar-refractivity contribution is -0.142. The van der Waals surface area contributed by atoms with E-state index in [1.54, 1.807) is 0 Å². The number of sulfonamides is 1. The van der Waals surface area contributed by atoms with Crippen molar-refractivity contribution in [2.45, 2.75) is 36.6 Å². The number of aliphatic carboxylic acids is 1. The fourth-order valence-electron chi connectivity index (χ4n) is 2.05. The third-order valence-electron chi connectivity index (χ3n) is 2.96. The first-order chi connectivity index (χ1) is 9.82. The molecule has 0 aliphatic carbocycles. The largest absolute Gasteiger partial charge is 0.480 e. The van der Waals surface area contributed by atoms with Crippen molar-refractivity contribution in [3.8, 4) is 0 Å². The van der Waals surface area contributed by atoms with Gasteiger partial charge in [0.2, 0.25) is 15.4 Å². The number of carbonyl (C=O) groups is 2. The van der Waals surface area contributed by atoms with Crippen LogP contribution in [-0.2, 0) is 19.6 Å². The van der Waals surface area contributed by atoms with Gasteiger partial charge >= 0.3 is 5.97 Å². The van der Waals surface area contributed by atoms with Gasteiger partial charge < -0.3 is 10.4 Å². The van der Waals surface area contributed by atoms with Crippen molar-refractivity contribution < 1.29 is 23.1 Å². The summed E-state index contributed by atoms with van der Waals surface area (Å²) in [6.45, 7) is 1.40. The molecule has 0 unspecified atom stereocenters. The number of nitrogens with one attached hydrogen (secondary N) is 1. The molecule has 9 nitrogen and oxygen atoms in total. The van der Waals surface area contributed by atoms with Crippen LogP contribution in [0.2, 0.25) is 0 Å². The van der Waals surface area contributed by atoms with Gasteiger partial charge in [-0.2, -0.15) is 4.31 Å². The molecule has 1 aromatic rings. The Balaban J connectivity index is 2.29. The molecule has 11 heteroatoms. The minimum Gasteiger partial charge on any atom is -0.480 e. The summed E-state index contributed by atoms with van der Waals surface area (Å²) in [5, 5.41) is 18.7. The van der Waals surface area contributed by atoms with Crippen LogP contribution in [0, 0.1) is 0 Å². The van der Waals surface area contributed by atoms with Crippen LogP contribution in [0.25, 0.3) is 0 Å². The highest BCUT2D eigenvalue weighted by atomic mass is 32.2. The van der Waals surface area contributed by atoms with Crippen LogP contribution in [0.5, 0.6) is 0 Å². The lowest BCUT2D eigenvalue weighted by atomic mass is 10.1. The van der Waals surface area contributed by atoms with Crippen LogP contribution in [0.3, 0.4) is 0 Å². The first kappa shape index (κ1) is 15.8. The molecule has 1 fully saturated rings. The summed E-state index contributed by atoms with van der Waals surface area (Å²) in [5.41, 5.74) is 0. The van der Waals surface area contributed by atoms with Crippen LogP contribution in [0.4, 0.5) is 5.13 Å². The first-order valence-electron chi connectivity index (χ1n) is 6.18. The standard InChI is InChI=1S/C10H14N4O5S2/c1-6(15)11-9-12-13-10(20-9)21(18,19)14-5-3-2-4-7(14)8(16)17/h7H,2-5H2,1H3,(H,16,17)(H,11,12,15)/t7-/m0/s1. The van der Waals surface area contributed by atoms with Gasteiger partial charge in [0.05, 0.1) is 0 Å². The highest BCUT2D eigenvalue weighted by molar-refractivity contribution is 7.91. The van der Waals surface area contributed by atoms with E-state index in [-0.39, 0.29) is 22.4 Å². The van der Waals surface area contributed by atoms with Crippen molar-refractivity contribution in [1.29, 1.82) is 0 Å². The maximum Gasteiger partial charge on any atom is 0.322 e. The van der Waals surface area contributed by atoms with Crippen molar-refractivity contribution in [1.82, 2.24) is 14.5 Å². The lowest BCUT2D eigenvalue weighted by Crippen LogP contribution is -2.47. The Labute approximate surface area is 125 Å². The number of amides is 1. The van der Waals surface area contributed by atoms with Crippen molar-refractivity contribution in [3.63, 3.8) is 0 Å². The summed E-state index contributed by atoms with van der Waals surface area (Å²) >= 11 is 0.699. The fraction of sp³-hybridized carbons (Fsp3) is 0.600. The second-order valence-electron chi connectivity index (χ2n) is 4.52. The Kier molecular flexibility index (Phi) is 4.54. The third-order valence-corrected chi connectivity index (χ3v) is 6.05. The Hall–Kier alpha value is -1.59. The second-order valence-corrected chi connectivity index (χ2v) is 7.56. The Morgan fingerprint density at radius 2 is 2.10 bits per heavy atom. The number of carbonyl (C=O) groups excluding carboxylic acids is 1. The summed E-state index contributed by atoms with van der Waals surface area (Å²) in [6.07, 6.45) is 1.53. The van der Waals surface area contributed by atoms with Crippen molar-refractivity contribution in [3.05, 3.63) is 0 Å². The van der Waals surface area contributed by atoms with E-state index in [0.717, 1.165) is 4.31 Å². The van der Waals surface area contributed by atoms with E-state index >= 15 is 0 Å². The monoisotopic (exact) mass is 334 g/mol. The number of hydrogen-bond acceptors (Lipinski definition) is 7. The average Bonchev–Trinajstić information content (AvgIpc) is 2.87. The van der Waals surface area contributed by atoms with Crippen LogP contribution in [0.1, 0.15) is 26.2 Å². The predicted molar refractivity (Wildman–Crippen MR) is 73.4 cm³/mol. The van der Waals surface area contributed by atoms with E-state index in [4.69, 9.17) is 5.11 Å². The molecular formula is C10H14N4O5S2. The van der Waals surface area contributed by atoms with Gasteiger partial charge in [0.15, 0.2) is 0 Å². The minimum atomic E-state index is -4.03. The Morgan fingerprint density at radius 3 is 2.71 bits per heavy atom. The van der Waals surface area contributed by atoms with Crippen LogP contribution in [-0.4, -0.2) is 52.5 Å². The molecule has 21 heavy (non-hydrogen) atoms. The van der Waals surface area contributed by atoms with Gasteiger partial charge in [-0.25, -0.2) is 8.42 Å². The summed E-state index contributed by atoms with van der Waals surface area (Å²) in [5.74, 6) is -1.57. The molecule has 0 spiro atoms. The fourth-order valence-corrected chi connectivity index (χ4v) is 4.77. The number of aromatic nitrogens is 2. The third kappa shape index (κ3) is 3.36. The first-order valence-corrected chi connectivity index (χ1v) is 8.44. The van der Waals surface area contributed by atoms with E-state index < -0.39 is 27.9 Å². The molecule has 0 aromatic carbocycles. The van der Waals surface area contributed by atoms with Gasteiger partial charge in [-0.3, -0.25) is 9.59 Å². The van der Waals surface area contributed by atoms with Gasteiger partial charge in [0.1, 0.15) is 6.04 Å². The summed E-state index contributed by atoms with van der Waals surface area (Å²) in [6, 6.07) is -1.09. The van der Waals surface area contributed by atoms with Crippen LogP contribution in [0.15, 0.2) is 4.34 Å². The summed E-state index contributed by atoms with van der Waals surface area (Å²) in [4.78, 5) is 22.1. The summed E-state index contributed by atoms with van der Waals surface area (Å²) < 4.78 is 25.5. The highest BCUT2D eigenvalue weighted by Crippen LogP contribution is 2.28. The molecule has 1 atom stereocenters. The molecule has 0 saturated carbocycles. The number of rotatable bonds is 4. The molecule has 1 amide bonds. The zero-order chi connectivity index (χ0) is 15.6. The zero-order valence-electron chi connectivity index (χ0n) is 11.1. The molecule has 0 radical (unpaired) electrons. The number of hydrogen-bond donors (Lipinski definition) is 2. The van der Waals surface area contributed by atoms with Gasteiger partial charge in [-0.1, -0.05) is 11.3 Å². The van der Waals surface area contributed by atoms with Crippen molar-refractivity contribution >= 4 is 38.4 Å². The van der Waals surface area contributed by atoms with Gasteiger partial charge in [-0.15, -0.1) is 10.2 Å². The van der Waals surface area contributed by atoms with Gasteiger partial charge in [0, 0.05) is 13.5 Å². The average molecular weight is 334 g/mol. The minimum absolute atomic E-state index is 0.0601. The molecule has 2 rings (SSSR count). The van der Waals surface area contributed by atoms with E-state index in [2.05, 4.69) is 15.5 Å². The number of piperidine rings is 1. The molecular weight excluding hydrogens is 320 g/mol. The maximum atomic E-state index is 12.5. The number of carboxylic acids is 1. The van der Waals surface area contributed by atoms with Crippen LogP contribution >= 0.6 is 11.3 Å². The molecule has 1 saturated heterocycles. The molecule has 2 N–H and O–H groups in total. The zero-order valence-corrected chi connectivity index (χ0v) is 12.8. The normalized spacial score (nSPS) is 20.1. The number of nitrogens with zero attached hydrogens (tertiary/aromatic N) is 3. The number of carboxylic acid groups (broad SMARTS) is 1. The highest BCUT2D eigenvalue weighted by Gasteiger charge is 2.39. The van der Waals surface area contributed by atoms with E-state index in [1.807, 2.05) is 0 Å². The number of anilines is 1. The van der Waals surface area contributed by atoms with Crippen molar-refractivity contribution in [2.24, 2.45) is 0 Å². The van der Waals surface area contributed by atoms with E-state index in [1.165, 1.54) is 6.92 Å². The lowest BCUT2D eigenvalue weighted by Gasteiger charge is -2.30. The molecule has 116 valence electrons. The summed E-state index contributed by atoms with van der Waals surface area (Å²) in [7, 11) is -4.03.